The summed E-state index contributed by atoms with van der Waals surface area (Å²) in [4.78, 5) is 8.78. The molecule has 0 spiro atoms. The van der Waals surface area contributed by atoms with Crippen LogP contribution in [0.4, 0.5) is 0 Å². The van der Waals surface area contributed by atoms with Crippen molar-refractivity contribution < 1.29 is 9.84 Å². The number of methoxy groups -OCH3 is 1. The highest BCUT2D eigenvalue weighted by Gasteiger charge is 2.08. The maximum Gasteiger partial charge on any atom is 0.191 e. The fourth-order valence-corrected chi connectivity index (χ4v) is 2.96. The number of aromatic nitrogens is 1. The molecule has 24 heavy (non-hydrogen) atoms. The molecule has 0 bridgehead atoms. The third kappa shape index (κ3) is 4.86. The van der Waals surface area contributed by atoms with E-state index in [0.29, 0.717) is 30.7 Å². The van der Waals surface area contributed by atoms with Gasteiger partial charge in [0.05, 0.1) is 19.3 Å². The van der Waals surface area contributed by atoms with Gasteiger partial charge in [-0.2, -0.15) is 0 Å². The minimum Gasteiger partial charge on any atom is -0.508 e. The van der Waals surface area contributed by atoms with Crippen LogP contribution in [0.3, 0.4) is 0 Å². The van der Waals surface area contributed by atoms with Crippen LogP contribution in [0, 0.1) is 0 Å². The zero-order chi connectivity index (χ0) is 17.5. The van der Waals surface area contributed by atoms with Gasteiger partial charge >= 0.3 is 0 Å². The van der Waals surface area contributed by atoms with E-state index in [1.54, 1.807) is 43.7 Å². The van der Waals surface area contributed by atoms with Gasteiger partial charge in [0.15, 0.2) is 5.96 Å². The van der Waals surface area contributed by atoms with Crippen molar-refractivity contribution in [3.63, 3.8) is 0 Å². The number of nitrogens with zero attached hydrogens (tertiary/aromatic N) is 2. The number of phenols is 1. The summed E-state index contributed by atoms with van der Waals surface area (Å²) in [5.41, 5.74) is 1.86. The number of aliphatic imine (C=N–C) groups is 1. The predicted octanol–water partition coefficient (Wildman–Crippen LogP) is 2.85. The highest BCUT2D eigenvalue weighted by molar-refractivity contribution is 7.09. The van der Waals surface area contributed by atoms with Crippen molar-refractivity contribution in [3.8, 4) is 11.5 Å². The van der Waals surface area contributed by atoms with Gasteiger partial charge in [-0.3, -0.25) is 4.99 Å². The maximum atomic E-state index is 9.91. The fraction of sp³-hybridized carbons (Fsp3) is 0.412. The first-order valence-corrected chi connectivity index (χ1v) is 8.66. The zero-order valence-electron chi connectivity index (χ0n) is 14.5. The summed E-state index contributed by atoms with van der Waals surface area (Å²) in [6, 6.07) is 5.14. The Morgan fingerprint density at radius 2 is 2.08 bits per heavy atom. The molecule has 0 amide bonds. The Hall–Kier alpha value is -2.28. The third-order valence-electron chi connectivity index (χ3n) is 3.52. The molecule has 3 N–H and O–H groups in total. The van der Waals surface area contributed by atoms with Crippen molar-refractivity contribution in [2.24, 2.45) is 4.99 Å². The van der Waals surface area contributed by atoms with E-state index in [2.05, 4.69) is 39.8 Å². The molecule has 1 aromatic heterocycles. The fourth-order valence-electron chi connectivity index (χ4n) is 2.06. The number of aromatic hydroxyl groups is 1. The third-order valence-corrected chi connectivity index (χ3v) is 4.39. The molecule has 1 heterocycles. The molecular weight excluding hydrogens is 324 g/mol. The molecule has 0 fully saturated rings. The number of ether oxygens (including phenoxy) is 1. The highest BCUT2D eigenvalue weighted by atomic mass is 32.1. The summed E-state index contributed by atoms with van der Waals surface area (Å²) in [6.07, 6.45) is 0. The first-order valence-electron chi connectivity index (χ1n) is 7.78. The number of benzene rings is 1. The summed E-state index contributed by atoms with van der Waals surface area (Å²) >= 11 is 1.64. The van der Waals surface area contributed by atoms with Gasteiger partial charge in [-0.15, -0.1) is 11.3 Å². The van der Waals surface area contributed by atoms with E-state index in [9.17, 15) is 5.11 Å². The second kappa shape index (κ2) is 8.54. The molecular formula is C17H24N4O2S. The zero-order valence-corrected chi connectivity index (χ0v) is 15.3. The van der Waals surface area contributed by atoms with Crippen LogP contribution in [0.25, 0.3) is 0 Å². The Labute approximate surface area is 146 Å². The van der Waals surface area contributed by atoms with E-state index in [1.807, 2.05) is 0 Å². The molecule has 0 saturated heterocycles. The van der Waals surface area contributed by atoms with E-state index >= 15 is 0 Å². The molecule has 2 aromatic rings. The monoisotopic (exact) mass is 348 g/mol. The lowest BCUT2D eigenvalue weighted by molar-refractivity contribution is 0.410. The van der Waals surface area contributed by atoms with E-state index < -0.39 is 0 Å². The largest absolute Gasteiger partial charge is 0.508 e. The molecule has 0 aliphatic heterocycles. The number of phenolic OH excluding ortho intramolecular Hbond substituents is 1. The quantitative estimate of drug-likeness (QED) is 0.553. The maximum absolute atomic E-state index is 9.91. The lowest BCUT2D eigenvalue weighted by Gasteiger charge is -2.12. The Kier molecular flexibility index (Phi) is 6.43. The topological polar surface area (TPSA) is 78.8 Å². The number of hydrogen-bond acceptors (Lipinski definition) is 5. The summed E-state index contributed by atoms with van der Waals surface area (Å²) in [5, 5.41) is 19.4. The van der Waals surface area contributed by atoms with Gasteiger partial charge in [0.2, 0.25) is 0 Å². The van der Waals surface area contributed by atoms with Gasteiger partial charge in [-0.25, -0.2) is 4.98 Å². The van der Waals surface area contributed by atoms with Gasteiger partial charge in [-0.1, -0.05) is 13.8 Å². The highest BCUT2D eigenvalue weighted by Crippen LogP contribution is 2.22. The van der Waals surface area contributed by atoms with Crippen LogP contribution in [0.2, 0.25) is 0 Å². The minimum absolute atomic E-state index is 0.222. The molecule has 0 aliphatic rings. The van der Waals surface area contributed by atoms with E-state index in [1.165, 1.54) is 0 Å². The lowest BCUT2D eigenvalue weighted by Crippen LogP contribution is -2.36. The Bertz CT molecular complexity index is 698. The summed E-state index contributed by atoms with van der Waals surface area (Å²) in [5.74, 6) is 2.01. The van der Waals surface area contributed by atoms with Crippen LogP contribution in [0.15, 0.2) is 28.6 Å². The predicted molar refractivity (Wildman–Crippen MR) is 97.9 cm³/mol. The molecule has 130 valence electrons. The molecule has 0 atom stereocenters. The number of thiazole rings is 1. The van der Waals surface area contributed by atoms with Gasteiger partial charge in [0, 0.05) is 24.5 Å². The number of nitrogens with one attached hydrogen (secondary N) is 2. The molecule has 0 aliphatic carbocycles. The second-order valence-corrected chi connectivity index (χ2v) is 6.54. The Morgan fingerprint density at radius 1 is 1.33 bits per heavy atom. The number of hydrogen-bond donors (Lipinski definition) is 3. The van der Waals surface area contributed by atoms with Crippen molar-refractivity contribution in [1.82, 2.24) is 15.6 Å². The smallest absolute Gasteiger partial charge is 0.191 e. The van der Waals surface area contributed by atoms with Crippen molar-refractivity contribution in [2.45, 2.75) is 32.9 Å². The van der Waals surface area contributed by atoms with Crippen molar-refractivity contribution in [3.05, 3.63) is 39.8 Å². The van der Waals surface area contributed by atoms with Gasteiger partial charge in [-0.05, 0) is 24.1 Å². The Balaban J connectivity index is 1.90. The molecule has 0 radical (unpaired) electrons. The summed E-state index contributed by atoms with van der Waals surface area (Å²) in [7, 11) is 3.31. The first kappa shape index (κ1) is 18.1. The van der Waals surface area contributed by atoms with Crippen molar-refractivity contribution >= 4 is 17.3 Å². The summed E-state index contributed by atoms with van der Waals surface area (Å²) < 4.78 is 5.18. The van der Waals surface area contributed by atoms with Crippen LogP contribution < -0.4 is 15.4 Å². The van der Waals surface area contributed by atoms with E-state index in [0.717, 1.165) is 16.3 Å². The molecule has 0 unspecified atom stereocenters. The standard InChI is InChI=1S/C17H24N4O2S/c1-11(2)14-10-24-16(21-14)9-20-17(18-3)19-8-12-7-13(23-4)5-6-15(12)22/h5-7,10-11,22H,8-9H2,1-4H3,(H2,18,19,20). The van der Waals surface area contributed by atoms with Crippen LogP contribution in [-0.2, 0) is 13.1 Å². The van der Waals surface area contributed by atoms with Gasteiger partial charge < -0.3 is 20.5 Å². The van der Waals surface area contributed by atoms with Crippen LogP contribution >= 0.6 is 11.3 Å². The minimum atomic E-state index is 0.222. The van der Waals surface area contributed by atoms with Crippen molar-refractivity contribution in [1.29, 1.82) is 0 Å². The molecule has 1 aromatic carbocycles. The Morgan fingerprint density at radius 3 is 2.71 bits per heavy atom. The van der Waals surface area contributed by atoms with Crippen molar-refractivity contribution in [2.75, 3.05) is 14.2 Å². The van der Waals surface area contributed by atoms with Crippen LogP contribution in [0.1, 0.15) is 36.0 Å². The molecule has 6 nitrogen and oxygen atoms in total. The number of rotatable bonds is 6. The molecule has 7 heteroatoms. The van der Waals surface area contributed by atoms with Crippen LogP contribution in [-0.4, -0.2) is 30.2 Å². The molecule has 0 saturated carbocycles. The average molecular weight is 348 g/mol. The second-order valence-electron chi connectivity index (χ2n) is 5.59. The normalized spacial score (nSPS) is 11.6. The number of guanidine groups is 1. The SMILES string of the molecule is CN=C(NCc1nc(C(C)C)cs1)NCc1cc(OC)ccc1O. The van der Waals surface area contributed by atoms with Crippen LogP contribution in [0.5, 0.6) is 11.5 Å². The van der Waals surface area contributed by atoms with Gasteiger partial charge in [0.1, 0.15) is 16.5 Å². The molecule has 2 rings (SSSR count). The average Bonchev–Trinajstić information content (AvgIpc) is 3.05. The summed E-state index contributed by atoms with van der Waals surface area (Å²) in [6.45, 7) is 5.32. The van der Waals surface area contributed by atoms with E-state index in [4.69, 9.17) is 4.74 Å². The lowest BCUT2D eigenvalue weighted by atomic mass is 10.2. The van der Waals surface area contributed by atoms with E-state index in [-0.39, 0.29) is 5.75 Å². The first-order chi connectivity index (χ1) is 11.5. The van der Waals surface area contributed by atoms with Gasteiger partial charge in [0.25, 0.3) is 0 Å².